The summed E-state index contributed by atoms with van der Waals surface area (Å²) in [5.74, 6) is 0.205. The Morgan fingerprint density at radius 1 is 1.00 bits per heavy atom. The minimum atomic E-state index is 0.205. The van der Waals surface area contributed by atoms with E-state index in [1.54, 1.807) is 13.0 Å². The van der Waals surface area contributed by atoms with Gasteiger partial charge in [-0.05, 0) is 48.2 Å². The molecule has 0 aliphatic carbocycles. The molecule has 3 heteroatoms. The molecule has 98 valence electrons. The van der Waals surface area contributed by atoms with E-state index in [9.17, 15) is 4.79 Å². The third-order valence-corrected chi connectivity index (χ3v) is 3.33. The monoisotopic (exact) mass is 292 g/mol. The van der Waals surface area contributed by atoms with Crippen LogP contribution in [0.1, 0.15) is 18.9 Å². The quantitative estimate of drug-likeness (QED) is 0.759. The van der Waals surface area contributed by atoms with E-state index < -0.39 is 0 Å². The zero-order valence-corrected chi connectivity index (χ0v) is 12.1. The maximum atomic E-state index is 11.0. The van der Waals surface area contributed by atoms with Crippen molar-refractivity contribution in [2.75, 3.05) is 0 Å². The largest absolute Gasteiger partial charge is 0.300 e. The molecule has 0 atom stereocenters. The minimum Gasteiger partial charge on any atom is -0.300 e. The van der Waals surface area contributed by atoms with Gasteiger partial charge in [0, 0.05) is 16.5 Å². The van der Waals surface area contributed by atoms with Gasteiger partial charge in [0.1, 0.15) is 5.78 Å². The van der Waals surface area contributed by atoms with E-state index in [-0.39, 0.29) is 5.78 Å². The molecule has 2 aromatic carbocycles. The van der Waals surface area contributed by atoms with E-state index in [0.29, 0.717) is 16.5 Å². The average Bonchev–Trinajstić information content (AvgIpc) is 2.35. The van der Waals surface area contributed by atoms with E-state index in [1.807, 2.05) is 30.3 Å². The maximum Gasteiger partial charge on any atom is 0.130 e. The standard InChI is InChI=1S/C16H14Cl2O/c1-11(19)5-6-12-3-2-4-13(7-12)14-8-15(17)10-16(18)9-14/h2-4,7-10H,5-6H2,1H3. The third-order valence-electron chi connectivity index (χ3n) is 2.89. The van der Waals surface area contributed by atoms with Crippen molar-refractivity contribution >= 4 is 29.0 Å². The molecule has 2 aromatic rings. The highest BCUT2D eigenvalue weighted by molar-refractivity contribution is 6.35. The summed E-state index contributed by atoms with van der Waals surface area (Å²) in [4.78, 5) is 11.0. The molecule has 0 heterocycles. The number of aryl methyl sites for hydroxylation is 1. The first-order valence-corrected chi connectivity index (χ1v) is 6.85. The van der Waals surface area contributed by atoms with E-state index in [4.69, 9.17) is 23.2 Å². The molecule has 0 spiro atoms. The van der Waals surface area contributed by atoms with Crippen LogP contribution in [0.2, 0.25) is 10.0 Å². The summed E-state index contributed by atoms with van der Waals surface area (Å²) < 4.78 is 0. The molecule has 0 aliphatic rings. The highest BCUT2D eigenvalue weighted by Gasteiger charge is 2.03. The molecule has 0 bridgehead atoms. The summed E-state index contributed by atoms with van der Waals surface area (Å²) >= 11 is 12.0. The Labute approximate surface area is 123 Å². The van der Waals surface area contributed by atoms with Crippen molar-refractivity contribution in [1.29, 1.82) is 0 Å². The highest BCUT2D eigenvalue weighted by Crippen LogP contribution is 2.27. The molecule has 0 unspecified atom stereocenters. The molecule has 1 nitrogen and oxygen atoms in total. The van der Waals surface area contributed by atoms with Gasteiger partial charge in [-0.25, -0.2) is 0 Å². The molecule has 0 aliphatic heterocycles. The van der Waals surface area contributed by atoms with Crippen LogP contribution in [0, 0.1) is 0 Å². The van der Waals surface area contributed by atoms with Crippen molar-refractivity contribution in [3.63, 3.8) is 0 Å². The lowest BCUT2D eigenvalue weighted by Crippen LogP contribution is -1.94. The van der Waals surface area contributed by atoms with Crippen molar-refractivity contribution in [2.45, 2.75) is 19.8 Å². The Hall–Kier alpha value is -1.31. The first kappa shape index (κ1) is 14.1. The predicted octanol–water partition coefficient (Wildman–Crippen LogP) is 5.18. The van der Waals surface area contributed by atoms with E-state index in [0.717, 1.165) is 23.1 Å². The molecule has 19 heavy (non-hydrogen) atoms. The molecule has 0 radical (unpaired) electrons. The third kappa shape index (κ3) is 4.09. The second-order valence-corrected chi connectivity index (χ2v) is 5.43. The lowest BCUT2D eigenvalue weighted by Gasteiger charge is -2.06. The van der Waals surface area contributed by atoms with Gasteiger partial charge in [-0.3, -0.25) is 0 Å². The fraction of sp³-hybridized carbons (Fsp3) is 0.188. The summed E-state index contributed by atoms with van der Waals surface area (Å²) in [6, 6.07) is 13.6. The Kier molecular flexibility index (Phi) is 4.62. The first-order valence-electron chi connectivity index (χ1n) is 6.09. The molecule has 0 saturated carbocycles. The normalized spacial score (nSPS) is 10.5. The van der Waals surface area contributed by atoms with Gasteiger partial charge >= 0.3 is 0 Å². The maximum absolute atomic E-state index is 11.0. The van der Waals surface area contributed by atoms with Gasteiger partial charge in [0.25, 0.3) is 0 Å². The van der Waals surface area contributed by atoms with Gasteiger partial charge in [0.2, 0.25) is 0 Å². The van der Waals surface area contributed by atoms with Gasteiger partial charge in [0.15, 0.2) is 0 Å². The number of hydrogen-bond acceptors (Lipinski definition) is 1. The molecule has 0 aromatic heterocycles. The molecule has 0 fully saturated rings. The van der Waals surface area contributed by atoms with Crippen LogP contribution in [-0.4, -0.2) is 5.78 Å². The van der Waals surface area contributed by atoms with Gasteiger partial charge in [0.05, 0.1) is 0 Å². The first-order chi connectivity index (χ1) is 9.04. The van der Waals surface area contributed by atoms with Gasteiger partial charge in [-0.2, -0.15) is 0 Å². The van der Waals surface area contributed by atoms with E-state index in [1.165, 1.54) is 0 Å². The zero-order chi connectivity index (χ0) is 13.8. The summed E-state index contributed by atoms with van der Waals surface area (Å²) in [6.45, 7) is 1.61. The van der Waals surface area contributed by atoms with Crippen molar-refractivity contribution < 1.29 is 4.79 Å². The zero-order valence-electron chi connectivity index (χ0n) is 10.6. The summed E-state index contributed by atoms with van der Waals surface area (Å²) in [6.07, 6.45) is 1.33. The summed E-state index contributed by atoms with van der Waals surface area (Å²) in [5.41, 5.74) is 3.19. The van der Waals surface area contributed by atoms with Gasteiger partial charge < -0.3 is 4.79 Å². The molecule has 0 saturated heterocycles. The van der Waals surface area contributed by atoms with Crippen molar-refractivity contribution in [2.24, 2.45) is 0 Å². The van der Waals surface area contributed by atoms with Crippen LogP contribution in [0.25, 0.3) is 11.1 Å². The SMILES string of the molecule is CC(=O)CCc1cccc(-c2cc(Cl)cc(Cl)c2)c1. The summed E-state index contributed by atoms with van der Waals surface area (Å²) in [5, 5.41) is 1.24. The van der Waals surface area contributed by atoms with Crippen LogP contribution >= 0.6 is 23.2 Å². The number of rotatable bonds is 4. The average molecular weight is 293 g/mol. The van der Waals surface area contributed by atoms with E-state index >= 15 is 0 Å². The highest BCUT2D eigenvalue weighted by atomic mass is 35.5. The molecule has 2 rings (SSSR count). The van der Waals surface area contributed by atoms with Crippen LogP contribution in [0.4, 0.5) is 0 Å². The van der Waals surface area contributed by atoms with Crippen molar-refractivity contribution in [3.05, 3.63) is 58.1 Å². The molecular formula is C16H14Cl2O. The second kappa shape index (κ2) is 6.23. The molecule has 0 amide bonds. The van der Waals surface area contributed by atoms with Crippen LogP contribution < -0.4 is 0 Å². The number of carbonyl (C=O) groups is 1. The topological polar surface area (TPSA) is 17.1 Å². The Bertz CT molecular complexity index is 585. The Balaban J connectivity index is 2.29. The minimum absolute atomic E-state index is 0.205. The van der Waals surface area contributed by atoms with Crippen LogP contribution in [0.3, 0.4) is 0 Å². The fourth-order valence-corrected chi connectivity index (χ4v) is 2.47. The van der Waals surface area contributed by atoms with Crippen LogP contribution in [0.5, 0.6) is 0 Å². The lowest BCUT2D eigenvalue weighted by atomic mass is 10.0. The lowest BCUT2D eigenvalue weighted by molar-refractivity contribution is -0.116. The van der Waals surface area contributed by atoms with Crippen LogP contribution in [-0.2, 0) is 11.2 Å². The fourth-order valence-electron chi connectivity index (χ4n) is 1.95. The number of ketones is 1. The Morgan fingerprint density at radius 2 is 1.68 bits per heavy atom. The van der Waals surface area contributed by atoms with Crippen molar-refractivity contribution in [1.82, 2.24) is 0 Å². The predicted molar refractivity (Wildman–Crippen MR) is 80.9 cm³/mol. The molecular weight excluding hydrogens is 279 g/mol. The molecule has 0 N–H and O–H groups in total. The Morgan fingerprint density at radius 3 is 2.32 bits per heavy atom. The number of carbonyl (C=O) groups excluding carboxylic acids is 1. The number of hydrogen-bond donors (Lipinski definition) is 0. The summed E-state index contributed by atoms with van der Waals surface area (Å²) in [7, 11) is 0. The number of Topliss-reactive ketones (excluding diaryl/α,β-unsaturated/α-hetero) is 1. The van der Waals surface area contributed by atoms with Gasteiger partial charge in [-0.1, -0.05) is 47.5 Å². The number of benzene rings is 2. The van der Waals surface area contributed by atoms with Crippen LogP contribution in [0.15, 0.2) is 42.5 Å². The smallest absolute Gasteiger partial charge is 0.130 e. The van der Waals surface area contributed by atoms with Gasteiger partial charge in [-0.15, -0.1) is 0 Å². The van der Waals surface area contributed by atoms with E-state index in [2.05, 4.69) is 6.07 Å². The van der Waals surface area contributed by atoms with Crippen molar-refractivity contribution in [3.8, 4) is 11.1 Å². The number of halogens is 2. The second-order valence-electron chi connectivity index (χ2n) is 4.56.